The molecule has 1 saturated carbocycles. The van der Waals surface area contributed by atoms with Crippen molar-refractivity contribution in [2.24, 2.45) is 0 Å². The van der Waals surface area contributed by atoms with Crippen LogP contribution in [0.3, 0.4) is 0 Å². The van der Waals surface area contributed by atoms with Gasteiger partial charge in [0.05, 0.1) is 6.20 Å². The van der Waals surface area contributed by atoms with E-state index in [0.29, 0.717) is 18.3 Å². The number of nitrogens with two attached hydrogens (primary N) is 1. The van der Waals surface area contributed by atoms with Gasteiger partial charge in [0.2, 0.25) is 0 Å². The average molecular weight is 257 g/mol. The van der Waals surface area contributed by atoms with Gasteiger partial charge >= 0.3 is 0 Å². The fraction of sp³-hybridized carbons (Fsp3) is 0.308. The molecule has 1 fully saturated rings. The Morgan fingerprint density at radius 2 is 2.11 bits per heavy atom. The summed E-state index contributed by atoms with van der Waals surface area (Å²) in [5.74, 6) is -0.0759. The third kappa shape index (κ3) is 2.57. The van der Waals surface area contributed by atoms with Crippen LogP contribution in [0, 0.1) is 0 Å². The van der Waals surface area contributed by atoms with E-state index >= 15 is 0 Å². The summed E-state index contributed by atoms with van der Waals surface area (Å²) in [6.07, 6.45) is 3.57. The summed E-state index contributed by atoms with van der Waals surface area (Å²) in [6, 6.07) is 7.91. The lowest BCUT2D eigenvalue weighted by Crippen LogP contribution is -2.32. The van der Waals surface area contributed by atoms with Gasteiger partial charge in [-0.3, -0.25) is 4.79 Å². The molecular formula is C13H15N5O. The normalized spacial score (nSPS) is 14.3. The van der Waals surface area contributed by atoms with Crippen molar-refractivity contribution in [3.8, 4) is 0 Å². The van der Waals surface area contributed by atoms with Gasteiger partial charge in [-0.1, -0.05) is 12.1 Å². The number of aromatic nitrogens is 3. The Hall–Kier alpha value is -2.37. The second-order valence-corrected chi connectivity index (χ2v) is 4.76. The fourth-order valence-corrected chi connectivity index (χ4v) is 2.02. The van der Waals surface area contributed by atoms with Crippen LogP contribution >= 0.6 is 0 Å². The van der Waals surface area contributed by atoms with E-state index in [0.717, 1.165) is 24.1 Å². The van der Waals surface area contributed by atoms with Crippen molar-refractivity contribution < 1.29 is 4.79 Å². The Labute approximate surface area is 110 Å². The Morgan fingerprint density at radius 3 is 2.68 bits per heavy atom. The van der Waals surface area contributed by atoms with Crippen LogP contribution in [-0.2, 0) is 6.54 Å². The summed E-state index contributed by atoms with van der Waals surface area (Å²) in [6.45, 7) is 0.580. The quantitative estimate of drug-likeness (QED) is 0.805. The monoisotopic (exact) mass is 257 g/mol. The highest BCUT2D eigenvalue weighted by Crippen LogP contribution is 2.29. The smallest absolute Gasteiger partial charge is 0.276 e. The molecule has 2 aromatic rings. The second-order valence-electron chi connectivity index (χ2n) is 4.76. The molecule has 1 aliphatic carbocycles. The number of hydrogen-bond donors (Lipinski definition) is 2. The highest BCUT2D eigenvalue weighted by molar-refractivity contribution is 5.92. The minimum Gasteiger partial charge on any atom is -0.399 e. The summed E-state index contributed by atoms with van der Waals surface area (Å²) >= 11 is 0. The van der Waals surface area contributed by atoms with Crippen molar-refractivity contribution in [1.29, 1.82) is 0 Å². The van der Waals surface area contributed by atoms with E-state index in [2.05, 4.69) is 15.4 Å². The molecule has 0 spiro atoms. The van der Waals surface area contributed by atoms with Gasteiger partial charge in [0.25, 0.3) is 5.91 Å². The predicted molar refractivity (Wildman–Crippen MR) is 70.1 cm³/mol. The summed E-state index contributed by atoms with van der Waals surface area (Å²) < 4.78 is 0. The number of aromatic amines is 1. The number of nitrogens with one attached hydrogen (secondary N) is 1. The molecule has 6 nitrogen and oxygen atoms in total. The highest BCUT2D eigenvalue weighted by Gasteiger charge is 2.33. The van der Waals surface area contributed by atoms with E-state index in [-0.39, 0.29) is 5.91 Å². The molecule has 0 bridgehead atoms. The lowest BCUT2D eigenvalue weighted by Gasteiger charge is -2.21. The molecule has 6 heteroatoms. The molecule has 1 aliphatic rings. The molecule has 3 rings (SSSR count). The largest absolute Gasteiger partial charge is 0.399 e. The van der Waals surface area contributed by atoms with Crippen LogP contribution in [-0.4, -0.2) is 32.3 Å². The Morgan fingerprint density at radius 1 is 1.37 bits per heavy atom. The fourth-order valence-electron chi connectivity index (χ4n) is 2.02. The molecule has 98 valence electrons. The Balaban J connectivity index is 1.78. The van der Waals surface area contributed by atoms with Gasteiger partial charge < -0.3 is 10.6 Å². The van der Waals surface area contributed by atoms with E-state index in [1.165, 1.54) is 6.20 Å². The van der Waals surface area contributed by atoms with Crippen molar-refractivity contribution in [1.82, 2.24) is 20.3 Å². The van der Waals surface area contributed by atoms with Crippen molar-refractivity contribution in [3.63, 3.8) is 0 Å². The summed E-state index contributed by atoms with van der Waals surface area (Å²) in [5, 5.41) is 10.0. The highest BCUT2D eigenvalue weighted by atomic mass is 16.2. The number of amides is 1. The number of hydrogen-bond acceptors (Lipinski definition) is 4. The molecule has 1 amide bonds. The topological polar surface area (TPSA) is 87.9 Å². The molecule has 0 aliphatic heterocycles. The molecule has 19 heavy (non-hydrogen) atoms. The van der Waals surface area contributed by atoms with Crippen molar-refractivity contribution >= 4 is 11.6 Å². The molecule has 1 aromatic carbocycles. The third-order valence-corrected chi connectivity index (χ3v) is 3.22. The Bertz CT molecular complexity index is 559. The molecule has 0 saturated heterocycles. The van der Waals surface area contributed by atoms with E-state index in [1.807, 2.05) is 29.2 Å². The van der Waals surface area contributed by atoms with E-state index in [9.17, 15) is 4.79 Å². The number of carbonyl (C=O) groups excluding carboxylic acids is 1. The van der Waals surface area contributed by atoms with E-state index < -0.39 is 0 Å². The summed E-state index contributed by atoms with van der Waals surface area (Å²) in [4.78, 5) is 14.2. The molecule has 3 N–H and O–H groups in total. The van der Waals surface area contributed by atoms with Crippen LogP contribution in [0.1, 0.15) is 28.9 Å². The van der Waals surface area contributed by atoms with Crippen LogP contribution in [0.25, 0.3) is 0 Å². The van der Waals surface area contributed by atoms with E-state index in [1.54, 1.807) is 0 Å². The number of nitrogens with zero attached hydrogens (tertiary/aromatic N) is 3. The predicted octanol–water partition coefficient (Wildman–Crippen LogP) is 1.19. The molecule has 0 radical (unpaired) electrons. The van der Waals surface area contributed by atoms with Crippen molar-refractivity contribution in [2.45, 2.75) is 25.4 Å². The van der Waals surface area contributed by atoms with Gasteiger partial charge in [-0.05, 0) is 30.5 Å². The number of carbonyl (C=O) groups is 1. The van der Waals surface area contributed by atoms with Crippen LogP contribution in [0.15, 0.2) is 30.5 Å². The minimum atomic E-state index is -0.0759. The van der Waals surface area contributed by atoms with Gasteiger partial charge in [-0.25, -0.2) is 0 Å². The lowest BCUT2D eigenvalue weighted by atomic mass is 10.2. The maximum Gasteiger partial charge on any atom is 0.276 e. The van der Waals surface area contributed by atoms with Crippen LogP contribution in [0.2, 0.25) is 0 Å². The zero-order valence-electron chi connectivity index (χ0n) is 10.4. The van der Waals surface area contributed by atoms with E-state index in [4.69, 9.17) is 5.73 Å². The zero-order valence-corrected chi connectivity index (χ0v) is 10.4. The standard InChI is InChI=1S/C13H15N5O/c14-10-3-1-9(2-4-10)8-18(11-5-6-11)13(19)12-7-15-17-16-12/h1-4,7,11H,5-6,8,14H2,(H,15,16,17). The molecule has 1 heterocycles. The maximum atomic E-state index is 12.3. The first kappa shape index (κ1) is 11.7. The average Bonchev–Trinajstić information content (AvgIpc) is 3.11. The summed E-state index contributed by atoms with van der Waals surface area (Å²) in [5.41, 5.74) is 7.82. The first-order chi connectivity index (χ1) is 9.24. The first-order valence-electron chi connectivity index (χ1n) is 6.25. The van der Waals surface area contributed by atoms with Crippen LogP contribution in [0.4, 0.5) is 5.69 Å². The van der Waals surface area contributed by atoms with Gasteiger partial charge in [0.15, 0.2) is 5.69 Å². The van der Waals surface area contributed by atoms with Crippen LogP contribution in [0.5, 0.6) is 0 Å². The summed E-state index contributed by atoms with van der Waals surface area (Å²) in [7, 11) is 0. The van der Waals surface area contributed by atoms with Crippen molar-refractivity contribution in [3.05, 3.63) is 41.7 Å². The van der Waals surface area contributed by atoms with Crippen molar-refractivity contribution in [2.75, 3.05) is 5.73 Å². The first-order valence-corrected chi connectivity index (χ1v) is 6.25. The second kappa shape index (κ2) is 4.72. The zero-order chi connectivity index (χ0) is 13.2. The molecule has 0 unspecified atom stereocenters. The number of H-pyrrole nitrogens is 1. The van der Waals surface area contributed by atoms with Crippen LogP contribution < -0.4 is 5.73 Å². The SMILES string of the molecule is Nc1ccc(CN(C(=O)c2cn[nH]n2)C2CC2)cc1. The lowest BCUT2D eigenvalue weighted by molar-refractivity contribution is 0.0724. The third-order valence-electron chi connectivity index (χ3n) is 3.22. The van der Waals surface area contributed by atoms with Gasteiger partial charge in [0.1, 0.15) is 0 Å². The Kier molecular flexibility index (Phi) is 2.91. The molecule has 1 aromatic heterocycles. The maximum absolute atomic E-state index is 12.3. The molecule has 0 atom stereocenters. The number of rotatable bonds is 4. The molecular weight excluding hydrogens is 242 g/mol. The number of benzene rings is 1. The minimum absolute atomic E-state index is 0.0759. The number of nitrogen functional groups attached to an aromatic ring is 1. The van der Waals surface area contributed by atoms with Gasteiger partial charge in [-0.2, -0.15) is 15.4 Å². The number of anilines is 1. The van der Waals surface area contributed by atoms with Gasteiger partial charge in [0, 0.05) is 18.3 Å². The van der Waals surface area contributed by atoms with Gasteiger partial charge in [-0.15, -0.1) is 0 Å².